The third kappa shape index (κ3) is 3.56. The number of nitrogens with one attached hydrogen (secondary N) is 1. The first-order chi connectivity index (χ1) is 12.5. The van der Waals surface area contributed by atoms with Crippen molar-refractivity contribution in [3.63, 3.8) is 0 Å². The zero-order valence-electron chi connectivity index (χ0n) is 14.7. The minimum absolute atomic E-state index is 0.0148. The summed E-state index contributed by atoms with van der Waals surface area (Å²) < 4.78 is 10.9. The molecule has 0 unspecified atom stereocenters. The van der Waals surface area contributed by atoms with Crippen molar-refractivity contribution in [2.24, 2.45) is 0 Å². The van der Waals surface area contributed by atoms with Gasteiger partial charge in [-0.3, -0.25) is 9.59 Å². The van der Waals surface area contributed by atoms with Crippen LogP contribution < -0.4 is 25.4 Å². The van der Waals surface area contributed by atoms with Gasteiger partial charge in [-0.1, -0.05) is 6.92 Å². The van der Waals surface area contributed by atoms with Crippen LogP contribution in [0, 0.1) is 0 Å². The average Bonchev–Trinajstić information content (AvgIpc) is 2.64. The Morgan fingerprint density at radius 3 is 2.85 bits per heavy atom. The van der Waals surface area contributed by atoms with Crippen LogP contribution in [0.5, 0.6) is 11.5 Å². The highest BCUT2D eigenvalue weighted by atomic mass is 16.5. The normalized spacial score (nSPS) is 13.0. The molecular formula is C19H21N3O4. The zero-order valence-corrected chi connectivity index (χ0v) is 14.7. The van der Waals surface area contributed by atoms with Crippen molar-refractivity contribution in [3.05, 3.63) is 42.0 Å². The molecule has 0 bridgehead atoms. The van der Waals surface area contributed by atoms with Gasteiger partial charge in [-0.15, -0.1) is 0 Å². The van der Waals surface area contributed by atoms with Gasteiger partial charge in [-0.25, -0.2) is 0 Å². The minimum Gasteiger partial charge on any atom is -0.491 e. The molecule has 0 fully saturated rings. The van der Waals surface area contributed by atoms with Crippen LogP contribution in [0.3, 0.4) is 0 Å². The molecule has 0 atom stereocenters. The second-order valence-electron chi connectivity index (χ2n) is 5.98. The number of nitrogens with zero attached hydrogens (tertiary/aromatic N) is 1. The Bertz CT molecular complexity index is 851. The van der Waals surface area contributed by atoms with E-state index in [1.165, 1.54) is 4.90 Å². The number of carbonyl (C=O) groups is 2. The molecule has 2 aromatic carbocycles. The highest BCUT2D eigenvalue weighted by molar-refractivity contribution is 6.06. The van der Waals surface area contributed by atoms with Gasteiger partial charge in [0, 0.05) is 18.3 Å². The molecule has 0 aromatic heterocycles. The van der Waals surface area contributed by atoms with Gasteiger partial charge in [0.25, 0.3) is 11.8 Å². The molecule has 1 heterocycles. The predicted molar refractivity (Wildman–Crippen MR) is 99.9 cm³/mol. The first-order valence-corrected chi connectivity index (χ1v) is 8.36. The van der Waals surface area contributed by atoms with E-state index in [4.69, 9.17) is 15.2 Å². The van der Waals surface area contributed by atoms with Crippen LogP contribution in [-0.4, -0.2) is 32.1 Å². The van der Waals surface area contributed by atoms with Crippen LogP contribution >= 0.6 is 0 Å². The summed E-state index contributed by atoms with van der Waals surface area (Å²) in [6.07, 6.45) is 0.876. The van der Waals surface area contributed by atoms with Crippen molar-refractivity contribution >= 4 is 28.9 Å². The van der Waals surface area contributed by atoms with Crippen molar-refractivity contribution in [3.8, 4) is 11.5 Å². The third-order valence-corrected chi connectivity index (χ3v) is 4.04. The minimum atomic E-state index is -0.301. The Hall–Kier alpha value is -3.22. The lowest BCUT2D eigenvalue weighted by molar-refractivity contribution is -0.120. The van der Waals surface area contributed by atoms with E-state index < -0.39 is 0 Å². The Morgan fingerprint density at radius 1 is 1.31 bits per heavy atom. The average molecular weight is 355 g/mol. The van der Waals surface area contributed by atoms with Crippen molar-refractivity contribution in [2.75, 3.05) is 36.2 Å². The second kappa shape index (κ2) is 7.35. The molecule has 2 aromatic rings. The lowest BCUT2D eigenvalue weighted by Gasteiger charge is -2.26. The number of benzene rings is 2. The van der Waals surface area contributed by atoms with Crippen LogP contribution in [0.15, 0.2) is 36.4 Å². The van der Waals surface area contributed by atoms with Gasteiger partial charge < -0.3 is 25.4 Å². The fraction of sp³-hybridized carbons (Fsp3) is 0.263. The molecule has 136 valence electrons. The van der Waals surface area contributed by atoms with Crippen molar-refractivity contribution in [1.82, 2.24) is 0 Å². The second-order valence-corrected chi connectivity index (χ2v) is 5.98. The van der Waals surface area contributed by atoms with E-state index in [-0.39, 0.29) is 18.4 Å². The number of nitrogen functional groups attached to an aromatic ring is 1. The Kier molecular flexibility index (Phi) is 4.97. The Labute approximate surface area is 151 Å². The van der Waals surface area contributed by atoms with Crippen LogP contribution in [0.1, 0.15) is 23.7 Å². The smallest absolute Gasteiger partial charge is 0.264 e. The summed E-state index contributed by atoms with van der Waals surface area (Å²) >= 11 is 0. The summed E-state index contributed by atoms with van der Waals surface area (Å²) in [7, 11) is 1.67. The van der Waals surface area contributed by atoms with Crippen LogP contribution in [0.2, 0.25) is 0 Å². The summed E-state index contributed by atoms with van der Waals surface area (Å²) in [6, 6.07) is 10.1. The molecule has 3 N–H and O–H groups in total. The quantitative estimate of drug-likeness (QED) is 0.804. The maximum absolute atomic E-state index is 12.5. The molecule has 2 amide bonds. The van der Waals surface area contributed by atoms with Crippen LogP contribution in [-0.2, 0) is 4.79 Å². The fourth-order valence-electron chi connectivity index (χ4n) is 2.59. The summed E-state index contributed by atoms with van der Waals surface area (Å²) in [6.45, 7) is 2.59. The number of amides is 2. The van der Waals surface area contributed by atoms with E-state index >= 15 is 0 Å². The number of anilines is 3. The molecule has 1 aliphatic heterocycles. The molecule has 0 radical (unpaired) electrons. The number of rotatable bonds is 5. The molecule has 0 aliphatic carbocycles. The maximum Gasteiger partial charge on any atom is 0.264 e. The monoisotopic (exact) mass is 355 g/mol. The van der Waals surface area contributed by atoms with E-state index in [0.717, 1.165) is 6.42 Å². The van der Waals surface area contributed by atoms with E-state index in [9.17, 15) is 9.59 Å². The molecule has 7 nitrogen and oxygen atoms in total. The predicted octanol–water partition coefficient (Wildman–Crippen LogP) is 2.67. The molecule has 0 saturated carbocycles. The topological polar surface area (TPSA) is 93.9 Å². The molecule has 0 spiro atoms. The van der Waals surface area contributed by atoms with Gasteiger partial charge in [0.1, 0.15) is 11.5 Å². The molecular weight excluding hydrogens is 334 g/mol. The maximum atomic E-state index is 12.5. The van der Waals surface area contributed by atoms with Gasteiger partial charge in [0.2, 0.25) is 0 Å². The third-order valence-electron chi connectivity index (χ3n) is 4.04. The number of fused-ring (bicyclic) bond motifs is 1. The van der Waals surface area contributed by atoms with Gasteiger partial charge in [0.15, 0.2) is 6.61 Å². The molecule has 3 rings (SSSR count). The van der Waals surface area contributed by atoms with E-state index in [2.05, 4.69) is 5.32 Å². The largest absolute Gasteiger partial charge is 0.491 e. The van der Waals surface area contributed by atoms with E-state index in [1.54, 1.807) is 43.4 Å². The number of carbonyl (C=O) groups excluding carboxylic acids is 2. The highest BCUT2D eigenvalue weighted by Gasteiger charge is 2.22. The van der Waals surface area contributed by atoms with Gasteiger partial charge in [-0.2, -0.15) is 0 Å². The highest BCUT2D eigenvalue weighted by Crippen LogP contribution is 2.33. The summed E-state index contributed by atoms with van der Waals surface area (Å²) in [5.41, 5.74) is 7.96. The number of hydrogen-bond donors (Lipinski definition) is 2. The molecule has 26 heavy (non-hydrogen) atoms. The summed E-state index contributed by atoms with van der Waals surface area (Å²) in [5, 5.41) is 2.80. The fourth-order valence-corrected chi connectivity index (χ4v) is 2.59. The lowest BCUT2D eigenvalue weighted by atomic mass is 10.1. The number of nitrogens with two attached hydrogens (primary N) is 1. The van der Waals surface area contributed by atoms with Crippen molar-refractivity contribution in [2.45, 2.75) is 13.3 Å². The van der Waals surface area contributed by atoms with Crippen molar-refractivity contribution < 1.29 is 19.1 Å². The zero-order chi connectivity index (χ0) is 18.7. The van der Waals surface area contributed by atoms with Crippen LogP contribution in [0.25, 0.3) is 0 Å². The SMILES string of the molecule is CCCOc1ccc(C(=O)Nc2ccc3c(c2)N(C)C(=O)CO3)cc1N. The van der Waals surface area contributed by atoms with Crippen LogP contribution in [0.4, 0.5) is 17.1 Å². The molecule has 1 aliphatic rings. The van der Waals surface area contributed by atoms with E-state index in [0.29, 0.717) is 40.7 Å². The summed E-state index contributed by atoms with van der Waals surface area (Å²) in [5.74, 6) is 0.724. The van der Waals surface area contributed by atoms with Gasteiger partial charge >= 0.3 is 0 Å². The Morgan fingerprint density at radius 2 is 2.12 bits per heavy atom. The first kappa shape index (κ1) is 17.6. The first-order valence-electron chi connectivity index (χ1n) is 8.36. The lowest BCUT2D eigenvalue weighted by Crippen LogP contribution is -2.35. The van der Waals surface area contributed by atoms with E-state index in [1.807, 2.05) is 6.92 Å². The Balaban J connectivity index is 1.76. The van der Waals surface area contributed by atoms with Gasteiger partial charge in [0.05, 0.1) is 18.0 Å². The molecule has 0 saturated heterocycles. The van der Waals surface area contributed by atoms with Crippen molar-refractivity contribution in [1.29, 1.82) is 0 Å². The summed E-state index contributed by atoms with van der Waals surface area (Å²) in [4.78, 5) is 25.7. The number of ether oxygens (including phenoxy) is 2. The molecule has 7 heteroatoms. The van der Waals surface area contributed by atoms with Gasteiger partial charge in [-0.05, 0) is 42.8 Å². The number of likely N-dealkylation sites (N-methyl/N-ethyl adjacent to an activating group) is 1. The number of hydrogen-bond acceptors (Lipinski definition) is 5. The standard InChI is InChI=1S/C19H21N3O4/c1-3-8-25-16-6-4-12(9-14(16)20)19(24)21-13-5-7-17-15(10-13)22(2)18(23)11-26-17/h4-7,9-10H,3,8,11,20H2,1-2H3,(H,21,24).